The molecule has 0 radical (unpaired) electrons. The first-order valence-corrected chi connectivity index (χ1v) is 4.54. The van der Waals surface area contributed by atoms with E-state index in [0.29, 0.717) is 18.5 Å². The number of hydrogen-bond donors (Lipinski definition) is 1. The lowest BCUT2D eigenvalue weighted by molar-refractivity contribution is 0.0954. The summed E-state index contributed by atoms with van der Waals surface area (Å²) in [5.41, 5.74) is 0.358. The van der Waals surface area contributed by atoms with Gasteiger partial charge in [-0.15, -0.1) is 11.8 Å². The molecular weight excluding hydrogens is 202 g/mol. The maximum atomic E-state index is 11.4. The van der Waals surface area contributed by atoms with Crippen molar-refractivity contribution >= 4 is 17.5 Å². The van der Waals surface area contributed by atoms with E-state index in [1.807, 2.05) is 0 Å². The highest BCUT2D eigenvalue weighted by Gasteiger charge is 2.11. The van der Waals surface area contributed by atoms with Crippen LogP contribution in [0.3, 0.4) is 0 Å². The summed E-state index contributed by atoms with van der Waals surface area (Å²) in [6.07, 6.45) is 2.01. The summed E-state index contributed by atoms with van der Waals surface area (Å²) in [5, 5.41) is 2.79. The predicted octanol–water partition coefficient (Wildman–Crippen LogP) is 2.08. The molecule has 0 fully saturated rings. The predicted molar refractivity (Wildman–Crippen MR) is 54.1 cm³/mol. The summed E-state index contributed by atoms with van der Waals surface area (Å²) in [4.78, 5) is 11.4. The van der Waals surface area contributed by atoms with Crippen LogP contribution in [0.25, 0.3) is 0 Å². The molecule has 1 heterocycles. The van der Waals surface area contributed by atoms with Gasteiger partial charge in [0.2, 0.25) is 5.22 Å². The van der Waals surface area contributed by atoms with Gasteiger partial charge in [0.05, 0.1) is 11.8 Å². The van der Waals surface area contributed by atoms with E-state index >= 15 is 0 Å². The number of nitrogens with one attached hydrogen (secondary N) is 1. The molecule has 0 spiro atoms. The molecule has 74 valence electrons. The average molecular weight is 212 g/mol. The Morgan fingerprint density at radius 3 is 3.07 bits per heavy atom. The minimum atomic E-state index is -0.235. The highest BCUT2D eigenvalue weighted by molar-refractivity contribution is 6.32. The van der Waals surface area contributed by atoms with Crippen molar-refractivity contribution in [2.45, 2.75) is 13.3 Å². The standard InChI is InChI=1S/C10H10ClNO2/c1-2-3-4-6-12-10(13)8-5-7-14-9(8)11/h5,7H,4,6H2,1H3,(H,12,13). The lowest BCUT2D eigenvalue weighted by Crippen LogP contribution is -2.23. The summed E-state index contributed by atoms with van der Waals surface area (Å²) in [7, 11) is 0. The highest BCUT2D eigenvalue weighted by Crippen LogP contribution is 2.15. The first kappa shape index (κ1) is 10.7. The Morgan fingerprint density at radius 1 is 1.71 bits per heavy atom. The summed E-state index contributed by atoms with van der Waals surface area (Å²) in [6, 6.07) is 1.53. The van der Waals surface area contributed by atoms with Gasteiger partial charge in [0, 0.05) is 13.0 Å². The molecule has 1 aromatic heterocycles. The van der Waals surface area contributed by atoms with E-state index in [1.165, 1.54) is 12.3 Å². The molecule has 0 unspecified atom stereocenters. The molecule has 1 aromatic rings. The third kappa shape index (κ3) is 2.82. The summed E-state index contributed by atoms with van der Waals surface area (Å²) >= 11 is 5.62. The van der Waals surface area contributed by atoms with Crippen molar-refractivity contribution in [2.24, 2.45) is 0 Å². The van der Waals surface area contributed by atoms with Gasteiger partial charge in [0.25, 0.3) is 5.91 Å². The van der Waals surface area contributed by atoms with E-state index in [0.717, 1.165) is 0 Å². The van der Waals surface area contributed by atoms with E-state index in [9.17, 15) is 4.79 Å². The molecule has 14 heavy (non-hydrogen) atoms. The van der Waals surface area contributed by atoms with Gasteiger partial charge in [0.1, 0.15) is 0 Å². The van der Waals surface area contributed by atoms with Gasteiger partial charge in [-0.1, -0.05) is 0 Å². The number of hydrogen-bond acceptors (Lipinski definition) is 2. The van der Waals surface area contributed by atoms with Gasteiger partial charge in [-0.2, -0.15) is 0 Å². The molecule has 0 aromatic carbocycles. The van der Waals surface area contributed by atoms with Crippen LogP contribution in [-0.2, 0) is 0 Å². The number of rotatable bonds is 3. The third-order valence-electron chi connectivity index (χ3n) is 1.57. The Kier molecular flexibility index (Phi) is 4.09. The quantitative estimate of drug-likeness (QED) is 0.615. The lowest BCUT2D eigenvalue weighted by atomic mass is 10.3. The van der Waals surface area contributed by atoms with Crippen LogP contribution in [0, 0.1) is 11.8 Å². The fraction of sp³-hybridized carbons (Fsp3) is 0.300. The molecule has 1 amide bonds. The smallest absolute Gasteiger partial charge is 0.256 e. The molecule has 0 aliphatic carbocycles. The Morgan fingerprint density at radius 2 is 2.50 bits per heavy atom. The van der Waals surface area contributed by atoms with Crippen molar-refractivity contribution in [1.29, 1.82) is 0 Å². The van der Waals surface area contributed by atoms with Crippen molar-refractivity contribution in [2.75, 3.05) is 6.54 Å². The van der Waals surface area contributed by atoms with Crippen molar-refractivity contribution in [3.63, 3.8) is 0 Å². The van der Waals surface area contributed by atoms with Crippen molar-refractivity contribution < 1.29 is 9.21 Å². The highest BCUT2D eigenvalue weighted by atomic mass is 35.5. The van der Waals surface area contributed by atoms with Crippen LogP contribution >= 0.6 is 11.6 Å². The number of carbonyl (C=O) groups is 1. The van der Waals surface area contributed by atoms with Gasteiger partial charge >= 0.3 is 0 Å². The zero-order valence-electron chi connectivity index (χ0n) is 7.76. The Balaban J connectivity index is 2.42. The van der Waals surface area contributed by atoms with Gasteiger partial charge in [-0.25, -0.2) is 0 Å². The second kappa shape index (κ2) is 5.36. The normalized spacial score (nSPS) is 9.00. The van der Waals surface area contributed by atoms with Gasteiger partial charge < -0.3 is 9.73 Å². The molecule has 4 heteroatoms. The molecule has 0 bridgehead atoms. The van der Waals surface area contributed by atoms with Crippen LogP contribution < -0.4 is 5.32 Å². The molecule has 1 rings (SSSR count). The number of amides is 1. The zero-order valence-corrected chi connectivity index (χ0v) is 8.52. The van der Waals surface area contributed by atoms with Crippen LogP contribution in [0.4, 0.5) is 0 Å². The molecular formula is C10H10ClNO2. The van der Waals surface area contributed by atoms with Crippen LogP contribution in [-0.4, -0.2) is 12.5 Å². The summed E-state index contributed by atoms with van der Waals surface area (Å²) < 4.78 is 4.79. The fourth-order valence-corrected chi connectivity index (χ4v) is 1.11. The lowest BCUT2D eigenvalue weighted by Gasteiger charge is -1.99. The van der Waals surface area contributed by atoms with Crippen LogP contribution in [0.15, 0.2) is 16.7 Å². The summed E-state index contributed by atoms with van der Waals surface area (Å²) in [5.74, 6) is 5.35. The largest absolute Gasteiger partial charge is 0.452 e. The molecule has 0 aliphatic rings. The van der Waals surface area contributed by atoms with Gasteiger partial charge in [0.15, 0.2) is 0 Å². The zero-order chi connectivity index (χ0) is 10.4. The Labute approximate surface area is 87.4 Å². The van der Waals surface area contributed by atoms with Crippen molar-refractivity contribution in [3.8, 4) is 11.8 Å². The number of furan rings is 1. The number of carbonyl (C=O) groups excluding carboxylic acids is 1. The van der Waals surface area contributed by atoms with Crippen molar-refractivity contribution in [1.82, 2.24) is 5.32 Å². The summed E-state index contributed by atoms with van der Waals surface area (Å²) in [6.45, 7) is 2.27. The maximum Gasteiger partial charge on any atom is 0.256 e. The second-order valence-electron chi connectivity index (χ2n) is 2.54. The SMILES string of the molecule is CC#CCCNC(=O)c1ccoc1Cl. The van der Waals surface area contributed by atoms with Crippen LogP contribution in [0.2, 0.25) is 5.22 Å². The molecule has 0 saturated carbocycles. The van der Waals surface area contributed by atoms with E-state index in [1.54, 1.807) is 6.92 Å². The Hall–Kier alpha value is -1.40. The second-order valence-corrected chi connectivity index (χ2v) is 2.88. The van der Waals surface area contributed by atoms with E-state index in [2.05, 4.69) is 17.2 Å². The van der Waals surface area contributed by atoms with E-state index in [4.69, 9.17) is 16.0 Å². The van der Waals surface area contributed by atoms with Crippen LogP contribution in [0.1, 0.15) is 23.7 Å². The van der Waals surface area contributed by atoms with Gasteiger partial charge in [-0.05, 0) is 24.6 Å². The number of halogens is 1. The third-order valence-corrected chi connectivity index (χ3v) is 1.87. The van der Waals surface area contributed by atoms with Crippen molar-refractivity contribution in [3.05, 3.63) is 23.1 Å². The molecule has 3 nitrogen and oxygen atoms in total. The Bertz CT molecular complexity index is 373. The van der Waals surface area contributed by atoms with E-state index in [-0.39, 0.29) is 11.1 Å². The molecule has 0 atom stereocenters. The van der Waals surface area contributed by atoms with Gasteiger partial charge in [-0.3, -0.25) is 4.79 Å². The topological polar surface area (TPSA) is 42.2 Å². The molecule has 0 aliphatic heterocycles. The molecule has 0 saturated heterocycles. The maximum absolute atomic E-state index is 11.4. The monoisotopic (exact) mass is 211 g/mol. The van der Waals surface area contributed by atoms with Crippen LogP contribution in [0.5, 0.6) is 0 Å². The first-order valence-electron chi connectivity index (χ1n) is 4.16. The van der Waals surface area contributed by atoms with E-state index < -0.39 is 0 Å². The average Bonchev–Trinajstić information content (AvgIpc) is 2.59. The minimum absolute atomic E-state index is 0.115. The molecule has 1 N–H and O–H groups in total. The fourth-order valence-electron chi connectivity index (χ4n) is 0.915. The minimum Gasteiger partial charge on any atom is -0.452 e. The first-order chi connectivity index (χ1) is 6.75.